The van der Waals surface area contributed by atoms with Crippen molar-refractivity contribution in [1.29, 1.82) is 0 Å². The van der Waals surface area contributed by atoms with Crippen molar-refractivity contribution in [3.63, 3.8) is 0 Å². The Kier molecular flexibility index (Phi) is 5.01. The van der Waals surface area contributed by atoms with Gasteiger partial charge in [-0.2, -0.15) is 0 Å². The van der Waals surface area contributed by atoms with E-state index in [-0.39, 0.29) is 11.8 Å². The maximum atomic E-state index is 12.7. The Labute approximate surface area is 162 Å². The average Bonchev–Trinajstić information content (AvgIpc) is 3.40. The summed E-state index contributed by atoms with van der Waals surface area (Å²) < 4.78 is 11.0. The molecule has 3 heterocycles. The first-order valence-corrected chi connectivity index (χ1v) is 9.78. The Balaban J connectivity index is 1.73. The first-order chi connectivity index (χ1) is 13.2. The molecule has 0 saturated carbocycles. The van der Waals surface area contributed by atoms with Crippen LogP contribution in [0.3, 0.4) is 0 Å². The molecule has 1 atom stereocenters. The van der Waals surface area contributed by atoms with Crippen LogP contribution in [-0.2, 0) is 6.42 Å². The number of H-pyrrole nitrogens is 1. The summed E-state index contributed by atoms with van der Waals surface area (Å²) in [6.07, 6.45) is 2.65. The highest BCUT2D eigenvalue weighted by Crippen LogP contribution is 2.42. The molecule has 0 fully saturated rings. The molecule has 0 bridgehead atoms. The third kappa shape index (κ3) is 3.38. The monoisotopic (exact) mass is 382 g/mol. The van der Waals surface area contributed by atoms with E-state index in [0.29, 0.717) is 12.2 Å². The van der Waals surface area contributed by atoms with E-state index in [0.717, 1.165) is 24.5 Å². The van der Waals surface area contributed by atoms with E-state index in [1.165, 1.54) is 16.0 Å². The maximum absolute atomic E-state index is 12.7. The number of ether oxygens (including phenoxy) is 2. The second kappa shape index (κ2) is 7.58. The van der Waals surface area contributed by atoms with Crippen LogP contribution in [0.25, 0.3) is 0 Å². The fraction of sp³-hybridized carbons (Fsp3) is 0.286. The molecule has 0 aliphatic carbocycles. The van der Waals surface area contributed by atoms with E-state index >= 15 is 0 Å². The molecular weight excluding hydrogens is 360 g/mol. The number of fused-ring (bicyclic) bond motifs is 1. The molecule has 140 valence electrons. The van der Waals surface area contributed by atoms with Gasteiger partial charge in [0.2, 0.25) is 0 Å². The Morgan fingerprint density at radius 3 is 2.70 bits per heavy atom. The second-order valence-corrected chi connectivity index (χ2v) is 7.53. The zero-order valence-electron chi connectivity index (χ0n) is 15.4. The van der Waals surface area contributed by atoms with Crippen LogP contribution in [0, 0.1) is 0 Å². The summed E-state index contributed by atoms with van der Waals surface area (Å²) in [7, 11) is 3.31. The lowest BCUT2D eigenvalue weighted by Crippen LogP contribution is -2.39. The Morgan fingerprint density at radius 1 is 1.22 bits per heavy atom. The van der Waals surface area contributed by atoms with Crippen LogP contribution in [0.4, 0.5) is 0 Å². The number of ketones is 1. The predicted octanol–water partition coefficient (Wildman–Crippen LogP) is 3.92. The van der Waals surface area contributed by atoms with Gasteiger partial charge in [0.05, 0.1) is 32.5 Å². The number of nitrogens with one attached hydrogen (secondary N) is 1. The van der Waals surface area contributed by atoms with Gasteiger partial charge in [-0.15, -0.1) is 11.3 Å². The molecule has 1 aromatic carbocycles. The van der Waals surface area contributed by atoms with Crippen molar-refractivity contribution in [2.24, 2.45) is 0 Å². The smallest absolute Gasteiger partial charge is 0.192 e. The van der Waals surface area contributed by atoms with E-state index in [9.17, 15) is 4.79 Å². The summed E-state index contributed by atoms with van der Waals surface area (Å²) in [5.74, 6) is 1.57. The van der Waals surface area contributed by atoms with Crippen LogP contribution < -0.4 is 9.47 Å². The van der Waals surface area contributed by atoms with Crippen LogP contribution in [-0.4, -0.2) is 43.0 Å². The Hall–Kier alpha value is -2.57. The van der Waals surface area contributed by atoms with Crippen LogP contribution in [0.1, 0.15) is 32.5 Å². The minimum atomic E-state index is 0.0347. The minimum Gasteiger partial charge on any atom is -0.493 e. The molecule has 0 unspecified atom stereocenters. The normalized spacial score (nSPS) is 16.7. The molecule has 1 aliphatic rings. The van der Waals surface area contributed by atoms with Crippen LogP contribution in [0.2, 0.25) is 0 Å². The molecular formula is C21H22N2O3S. The number of rotatable bonds is 6. The van der Waals surface area contributed by atoms with Gasteiger partial charge in [-0.25, -0.2) is 0 Å². The van der Waals surface area contributed by atoms with Crippen molar-refractivity contribution in [2.45, 2.75) is 12.5 Å². The molecule has 1 N–H and O–H groups in total. The number of carbonyl (C=O) groups is 1. The maximum Gasteiger partial charge on any atom is 0.192 e. The standard InChI is InChI=1S/C21H22N2O3S/c1-25-18-11-14-7-9-23(13-17(24)16-5-3-8-22-16)21(20-6-4-10-27-20)15(14)12-19(18)26-2/h3-6,8,10-12,21-22H,7,9,13H2,1-2H3/t21-/m0/s1. The highest BCUT2D eigenvalue weighted by atomic mass is 32.1. The zero-order chi connectivity index (χ0) is 18.8. The third-order valence-corrected chi connectivity index (χ3v) is 5.96. The van der Waals surface area contributed by atoms with Gasteiger partial charge in [-0.3, -0.25) is 9.69 Å². The topological polar surface area (TPSA) is 54.6 Å². The average molecular weight is 382 g/mol. The number of aromatic amines is 1. The number of nitrogens with zero attached hydrogens (tertiary/aromatic N) is 1. The number of carbonyl (C=O) groups excluding carboxylic acids is 1. The highest BCUT2D eigenvalue weighted by Gasteiger charge is 2.32. The molecule has 1 aliphatic heterocycles. The summed E-state index contributed by atoms with van der Waals surface area (Å²) >= 11 is 1.71. The minimum absolute atomic E-state index is 0.0347. The molecule has 5 nitrogen and oxygen atoms in total. The largest absolute Gasteiger partial charge is 0.493 e. The van der Waals surface area contributed by atoms with E-state index in [1.54, 1.807) is 31.8 Å². The molecule has 6 heteroatoms. The van der Waals surface area contributed by atoms with Gasteiger partial charge in [-0.1, -0.05) is 6.07 Å². The Morgan fingerprint density at radius 2 is 2.04 bits per heavy atom. The molecule has 0 radical (unpaired) electrons. The molecule has 0 saturated heterocycles. The van der Waals surface area contributed by atoms with Crippen molar-refractivity contribution in [3.05, 3.63) is 69.7 Å². The molecule has 27 heavy (non-hydrogen) atoms. The first-order valence-electron chi connectivity index (χ1n) is 8.90. The lowest BCUT2D eigenvalue weighted by Gasteiger charge is -2.36. The number of hydrogen-bond donors (Lipinski definition) is 1. The first kappa shape index (κ1) is 17.8. The van der Waals surface area contributed by atoms with Gasteiger partial charge < -0.3 is 14.5 Å². The summed E-state index contributed by atoms with van der Waals surface area (Å²) in [4.78, 5) is 19.2. The zero-order valence-corrected chi connectivity index (χ0v) is 16.2. The number of hydrogen-bond acceptors (Lipinski definition) is 5. The van der Waals surface area contributed by atoms with Crippen molar-refractivity contribution in [2.75, 3.05) is 27.3 Å². The summed E-state index contributed by atoms with van der Waals surface area (Å²) in [5, 5.41) is 2.08. The van der Waals surface area contributed by atoms with Crippen molar-refractivity contribution in [3.8, 4) is 11.5 Å². The second-order valence-electron chi connectivity index (χ2n) is 6.55. The molecule has 2 aromatic heterocycles. The number of thiophene rings is 1. The fourth-order valence-corrected chi connectivity index (χ4v) is 4.60. The molecule has 0 spiro atoms. The predicted molar refractivity (Wildman–Crippen MR) is 106 cm³/mol. The summed E-state index contributed by atoms with van der Waals surface area (Å²) in [6.45, 7) is 1.19. The third-order valence-electron chi connectivity index (χ3n) is 5.03. The van der Waals surface area contributed by atoms with Crippen molar-refractivity contribution in [1.82, 2.24) is 9.88 Å². The molecule has 0 amide bonds. The van der Waals surface area contributed by atoms with Crippen LogP contribution >= 0.6 is 11.3 Å². The van der Waals surface area contributed by atoms with Gasteiger partial charge in [0.15, 0.2) is 17.3 Å². The number of aromatic nitrogens is 1. The quantitative estimate of drug-likeness (QED) is 0.657. The van der Waals surface area contributed by atoms with Crippen LogP contribution in [0.5, 0.6) is 11.5 Å². The van der Waals surface area contributed by atoms with E-state index < -0.39 is 0 Å². The fourth-order valence-electron chi connectivity index (χ4n) is 3.72. The van der Waals surface area contributed by atoms with Gasteiger partial charge in [-0.05, 0) is 53.3 Å². The van der Waals surface area contributed by atoms with Crippen molar-refractivity contribution < 1.29 is 14.3 Å². The number of Topliss-reactive ketones (excluding diaryl/α,β-unsaturated/α-hetero) is 1. The number of methoxy groups -OCH3 is 2. The summed E-state index contributed by atoms with van der Waals surface area (Å²) in [6, 6.07) is 12.0. The van der Waals surface area contributed by atoms with E-state index in [2.05, 4.69) is 39.5 Å². The van der Waals surface area contributed by atoms with Gasteiger partial charge >= 0.3 is 0 Å². The highest BCUT2D eigenvalue weighted by molar-refractivity contribution is 7.10. The van der Waals surface area contributed by atoms with Gasteiger partial charge in [0, 0.05) is 17.6 Å². The van der Waals surface area contributed by atoms with Gasteiger partial charge in [0.1, 0.15) is 0 Å². The van der Waals surface area contributed by atoms with Gasteiger partial charge in [0.25, 0.3) is 0 Å². The van der Waals surface area contributed by atoms with Crippen molar-refractivity contribution >= 4 is 17.1 Å². The van der Waals surface area contributed by atoms with E-state index in [1.807, 2.05) is 12.1 Å². The number of benzene rings is 1. The Bertz CT molecular complexity index is 919. The lowest BCUT2D eigenvalue weighted by molar-refractivity contribution is 0.0897. The molecule has 4 rings (SSSR count). The van der Waals surface area contributed by atoms with Crippen LogP contribution in [0.15, 0.2) is 48.0 Å². The van der Waals surface area contributed by atoms with E-state index in [4.69, 9.17) is 9.47 Å². The lowest BCUT2D eigenvalue weighted by atomic mass is 9.90. The summed E-state index contributed by atoms with van der Waals surface area (Å²) in [5.41, 5.74) is 3.08. The SMILES string of the molecule is COc1cc2c(cc1OC)[C@@H](c1cccs1)N(CC(=O)c1ccc[nH]1)CC2. The molecule has 3 aromatic rings.